The van der Waals surface area contributed by atoms with Crippen LogP contribution in [0.4, 0.5) is 10.8 Å². The van der Waals surface area contributed by atoms with E-state index < -0.39 is 6.04 Å². The summed E-state index contributed by atoms with van der Waals surface area (Å²) in [5, 5.41) is 8.14. The Balaban J connectivity index is 1.77. The van der Waals surface area contributed by atoms with Gasteiger partial charge >= 0.3 is 0 Å². The van der Waals surface area contributed by atoms with Crippen LogP contribution in [-0.2, 0) is 14.4 Å². The molecule has 1 unspecified atom stereocenters. The molecule has 0 bridgehead atoms. The summed E-state index contributed by atoms with van der Waals surface area (Å²) in [5.74, 6) is -0.740. The molecule has 1 heterocycles. The van der Waals surface area contributed by atoms with Gasteiger partial charge in [0.25, 0.3) is 0 Å². The van der Waals surface area contributed by atoms with Crippen molar-refractivity contribution in [1.29, 1.82) is 0 Å². The SMILES string of the molecule is Cc1ccc(N(C(=O)CCC(=O)Nc2nccs2)C(C(=O)NC2CCCC2)C(C)C)cc1. The highest BCUT2D eigenvalue weighted by Crippen LogP contribution is 2.25. The number of anilines is 2. The molecule has 0 radical (unpaired) electrons. The monoisotopic (exact) mass is 456 g/mol. The van der Waals surface area contributed by atoms with Gasteiger partial charge in [0.15, 0.2) is 5.13 Å². The first-order chi connectivity index (χ1) is 15.3. The van der Waals surface area contributed by atoms with Gasteiger partial charge in [-0.2, -0.15) is 0 Å². The molecule has 3 amide bonds. The molecule has 7 nitrogen and oxygen atoms in total. The van der Waals surface area contributed by atoms with Crippen LogP contribution in [0, 0.1) is 12.8 Å². The maximum atomic E-state index is 13.4. The highest BCUT2D eigenvalue weighted by atomic mass is 32.1. The number of hydrogen-bond acceptors (Lipinski definition) is 5. The molecular formula is C24H32N4O3S. The molecule has 8 heteroatoms. The van der Waals surface area contributed by atoms with E-state index in [1.54, 1.807) is 16.5 Å². The number of carbonyl (C=O) groups excluding carboxylic acids is 3. The van der Waals surface area contributed by atoms with Gasteiger partial charge in [-0.15, -0.1) is 11.3 Å². The summed E-state index contributed by atoms with van der Waals surface area (Å²) in [5.41, 5.74) is 1.74. The number of hydrogen-bond donors (Lipinski definition) is 2. The second kappa shape index (κ2) is 11.2. The second-order valence-electron chi connectivity index (χ2n) is 8.66. The van der Waals surface area contributed by atoms with E-state index in [-0.39, 0.29) is 42.5 Å². The minimum Gasteiger partial charge on any atom is -0.352 e. The van der Waals surface area contributed by atoms with Crippen LogP contribution in [0.3, 0.4) is 0 Å². The predicted molar refractivity (Wildman–Crippen MR) is 128 cm³/mol. The van der Waals surface area contributed by atoms with Crippen molar-refractivity contribution in [3.8, 4) is 0 Å². The Morgan fingerprint density at radius 1 is 1.12 bits per heavy atom. The Hall–Kier alpha value is -2.74. The van der Waals surface area contributed by atoms with Crippen LogP contribution in [-0.4, -0.2) is 34.8 Å². The summed E-state index contributed by atoms with van der Waals surface area (Å²) in [7, 11) is 0. The fraction of sp³-hybridized carbons (Fsp3) is 0.500. The quantitative estimate of drug-likeness (QED) is 0.589. The fourth-order valence-electron chi connectivity index (χ4n) is 4.05. The van der Waals surface area contributed by atoms with Crippen LogP contribution in [0.15, 0.2) is 35.8 Å². The lowest BCUT2D eigenvalue weighted by Crippen LogP contribution is -2.54. The Kier molecular flexibility index (Phi) is 8.39. The Morgan fingerprint density at radius 2 is 1.81 bits per heavy atom. The molecule has 0 saturated heterocycles. The molecule has 0 aliphatic heterocycles. The molecule has 0 spiro atoms. The Labute approximate surface area is 193 Å². The predicted octanol–water partition coefficient (Wildman–Crippen LogP) is 4.29. The van der Waals surface area contributed by atoms with Gasteiger partial charge in [-0.3, -0.25) is 19.3 Å². The lowest BCUT2D eigenvalue weighted by Gasteiger charge is -2.34. The number of carbonyl (C=O) groups is 3. The van der Waals surface area contributed by atoms with E-state index in [0.717, 1.165) is 31.2 Å². The number of aromatic nitrogens is 1. The van der Waals surface area contributed by atoms with Gasteiger partial charge in [-0.1, -0.05) is 44.4 Å². The van der Waals surface area contributed by atoms with E-state index in [9.17, 15) is 14.4 Å². The van der Waals surface area contributed by atoms with E-state index >= 15 is 0 Å². The third-order valence-electron chi connectivity index (χ3n) is 5.71. The number of amides is 3. The number of benzene rings is 1. The van der Waals surface area contributed by atoms with Crippen LogP contribution >= 0.6 is 11.3 Å². The minimum absolute atomic E-state index is 0.00497. The molecule has 1 aliphatic rings. The topological polar surface area (TPSA) is 91.4 Å². The minimum atomic E-state index is -0.646. The van der Waals surface area contributed by atoms with Crippen molar-refractivity contribution in [2.45, 2.75) is 71.4 Å². The van der Waals surface area contributed by atoms with Crippen molar-refractivity contribution < 1.29 is 14.4 Å². The number of nitrogens with one attached hydrogen (secondary N) is 2. The zero-order valence-electron chi connectivity index (χ0n) is 19.0. The van der Waals surface area contributed by atoms with Gasteiger partial charge in [0.2, 0.25) is 17.7 Å². The van der Waals surface area contributed by atoms with Gasteiger partial charge < -0.3 is 10.6 Å². The Morgan fingerprint density at radius 3 is 2.41 bits per heavy atom. The van der Waals surface area contributed by atoms with Gasteiger partial charge in [0, 0.05) is 36.1 Å². The lowest BCUT2D eigenvalue weighted by molar-refractivity contribution is -0.128. The number of rotatable bonds is 9. The molecule has 1 aromatic heterocycles. The molecular weight excluding hydrogens is 424 g/mol. The average Bonchev–Trinajstić information content (AvgIpc) is 3.45. The van der Waals surface area contributed by atoms with Crippen molar-refractivity contribution in [3.63, 3.8) is 0 Å². The first-order valence-electron chi connectivity index (χ1n) is 11.2. The van der Waals surface area contributed by atoms with Crippen LogP contribution in [0.25, 0.3) is 0 Å². The summed E-state index contributed by atoms with van der Waals surface area (Å²) >= 11 is 1.33. The van der Waals surface area contributed by atoms with Crippen LogP contribution in [0.1, 0.15) is 57.9 Å². The molecule has 2 aromatic rings. The molecule has 1 fully saturated rings. The third-order valence-corrected chi connectivity index (χ3v) is 6.39. The van der Waals surface area contributed by atoms with Crippen LogP contribution < -0.4 is 15.5 Å². The summed E-state index contributed by atoms with van der Waals surface area (Å²) in [6, 6.07) is 7.10. The molecule has 2 N–H and O–H groups in total. The molecule has 172 valence electrons. The maximum Gasteiger partial charge on any atom is 0.243 e. The number of nitrogens with zero attached hydrogens (tertiary/aromatic N) is 2. The van der Waals surface area contributed by atoms with Crippen molar-refractivity contribution in [1.82, 2.24) is 10.3 Å². The van der Waals surface area contributed by atoms with Crippen molar-refractivity contribution in [3.05, 3.63) is 41.4 Å². The molecule has 1 aliphatic carbocycles. The zero-order valence-corrected chi connectivity index (χ0v) is 19.8. The fourth-order valence-corrected chi connectivity index (χ4v) is 4.59. The molecule has 1 aromatic carbocycles. The van der Waals surface area contributed by atoms with Gasteiger partial charge in [-0.25, -0.2) is 4.98 Å². The number of thiazole rings is 1. The van der Waals surface area contributed by atoms with Crippen LogP contribution in [0.2, 0.25) is 0 Å². The van der Waals surface area contributed by atoms with E-state index in [2.05, 4.69) is 15.6 Å². The first kappa shape index (κ1) is 23.9. The molecule has 3 rings (SSSR count). The average molecular weight is 457 g/mol. The van der Waals surface area contributed by atoms with Crippen molar-refractivity contribution >= 4 is 39.9 Å². The number of aryl methyl sites for hydroxylation is 1. The summed E-state index contributed by atoms with van der Waals surface area (Å²) < 4.78 is 0. The van der Waals surface area contributed by atoms with E-state index in [1.165, 1.54) is 11.3 Å². The normalized spacial score (nSPS) is 14.9. The summed E-state index contributed by atoms with van der Waals surface area (Å²) in [6.45, 7) is 5.87. The first-order valence-corrected chi connectivity index (χ1v) is 12.1. The largest absolute Gasteiger partial charge is 0.352 e. The highest BCUT2D eigenvalue weighted by Gasteiger charge is 2.35. The highest BCUT2D eigenvalue weighted by molar-refractivity contribution is 7.13. The van der Waals surface area contributed by atoms with E-state index in [4.69, 9.17) is 0 Å². The van der Waals surface area contributed by atoms with Crippen LogP contribution in [0.5, 0.6) is 0 Å². The molecule has 1 atom stereocenters. The standard InChI is InChI=1S/C24H32N4O3S/c1-16(2)22(23(31)26-18-6-4-5-7-18)28(19-10-8-17(3)9-11-19)21(30)13-12-20(29)27-24-25-14-15-32-24/h8-11,14-16,18,22H,4-7,12-13H2,1-3H3,(H,26,31)(H,25,27,29). The molecule has 32 heavy (non-hydrogen) atoms. The van der Waals surface area contributed by atoms with Gasteiger partial charge in [0.1, 0.15) is 6.04 Å². The zero-order chi connectivity index (χ0) is 23.1. The van der Waals surface area contributed by atoms with Crippen molar-refractivity contribution in [2.24, 2.45) is 5.92 Å². The summed E-state index contributed by atoms with van der Waals surface area (Å²) in [6.07, 6.45) is 5.83. The maximum absolute atomic E-state index is 13.4. The van der Waals surface area contributed by atoms with E-state index in [1.807, 2.05) is 45.0 Å². The van der Waals surface area contributed by atoms with Gasteiger partial charge in [-0.05, 0) is 37.8 Å². The smallest absolute Gasteiger partial charge is 0.243 e. The summed E-state index contributed by atoms with van der Waals surface area (Å²) in [4.78, 5) is 44.6. The third kappa shape index (κ3) is 6.38. The molecule has 1 saturated carbocycles. The lowest BCUT2D eigenvalue weighted by atomic mass is 9.99. The van der Waals surface area contributed by atoms with Crippen molar-refractivity contribution in [2.75, 3.05) is 10.2 Å². The van der Waals surface area contributed by atoms with E-state index in [0.29, 0.717) is 10.8 Å². The van der Waals surface area contributed by atoms with Gasteiger partial charge in [0.05, 0.1) is 0 Å². The second-order valence-corrected chi connectivity index (χ2v) is 9.56. The Bertz CT molecular complexity index is 906.